The highest BCUT2D eigenvalue weighted by atomic mass is 35.5. The van der Waals surface area contributed by atoms with Crippen LogP contribution in [0.5, 0.6) is 0 Å². The van der Waals surface area contributed by atoms with Gasteiger partial charge in [-0.15, -0.1) is 0 Å². The molecule has 0 aliphatic heterocycles. The summed E-state index contributed by atoms with van der Waals surface area (Å²) in [6.07, 6.45) is 8.35. The van der Waals surface area contributed by atoms with Crippen LogP contribution >= 0.6 is 11.6 Å². The third kappa shape index (κ3) is 6.35. The van der Waals surface area contributed by atoms with Crippen LogP contribution in [0.2, 0.25) is 5.02 Å². The summed E-state index contributed by atoms with van der Waals surface area (Å²) in [4.78, 5) is 24.7. The lowest BCUT2D eigenvalue weighted by molar-refractivity contribution is -0.137. The minimum atomic E-state index is -0.920. The highest BCUT2D eigenvalue weighted by molar-refractivity contribution is 6.31. The van der Waals surface area contributed by atoms with Crippen molar-refractivity contribution < 1.29 is 19.2 Å². The van der Waals surface area contributed by atoms with Crippen LogP contribution in [0.25, 0.3) is 0 Å². The molecule has 0 amide bonds. The Morgan fingerprint density at radius 1 is 1.14 bits per heavy atom. The van der Waals surface area contributed by atoms with Crippen LogP contribution in [-0.2, 0) is 16.0 Å². The van der Waals surface area contributed by atoms with Gasteiger partial charge in [-0.2, -0.15) is 0 Å². The standard InChI is InChI=1S/C29H38ClNO4/c1-4-18(5-2)11-19-12-23(13-19)29-27(20-8-9-20)28(31-35-29)22(16-26(33)34)15-24(32)14-21-7-6-17(3)10-25(21)30/h6-7,10,18-20,22-23H,4-5,8-9,11-16H2,1-3H3,(H,33,34). The zero-order valence-corrected chi connectivity index (χ0v) is 21.9. The van der Waals surface area contributed by atoms with Gasteiger partial charge >= 0.3 is 5.97 Å². The van der Waals surface area contributed by atoms with Gasteiger partial charge in [-0.1, -0.05) is 55.6 Å². The Hall–Kier alpha value is -2.14. The van der Waals surface area contributed by atoms with Crippen LogP contribution in [0.15, 0.2) is 22.7 Å². The second kappa shape index (κ2) is 11.3. The zero-order chi connectivity index (χ0) is 25.1. The van der Waals surface area contributed by atoms with Crippen molar-refractivity contribution in [3.8, 4) is 0 Å². The summed E-state index contributed by atoms with van der Waals surface area (Å²) in [7, 11) is 0. The number of Topliss-reactive ketones (excluding diaryl/α,β-unsaturated/α-hetero) is 1. The summed E-state index contributed by atoms with van der Waals surface area (Å²) in [5, 5.41) is 14.6. The molecule has 0 bridgehead atoms. The van der Waals surface area contributed by atoms with Crippen molar-refractivity contribution in [1.29, 1.82) is 0 Å². The van der Waals surface area contributed by atoms with Gasteiger partial charge in [0.2, 0.25) is 0 Å². The van der Waals surface area contributed by atoms with Crippen molar-refractivity contribution in [2.45, 2.75) is 103 Å². The quantitative estimate of drug-likeness (QED) is 0.307. The molecule has 2 fully saturated rings. The maximum absolute atomic E-state index is 13.0. The van der Waals surface area contributed by atoms with E-state index >= 15 is 0 Å². The molecule has 0 radical (unpaired) electrons. The van der Waals surface area contributed by atoms with Crippen molar-refractivity contribution in [3.63, 3.8) is 0 Å². The number of carboxylic acids is 1. The van der Waals surface area contributed by atoms with E-state index in [-0.39, 0.29) is 25.0 Å². The number of carbonyl (C=O) groups is 2. The minimum Gasteiger partial charge on any atom is -0.481 e. The lowest BCUT2D eigenvalue weighted by atomic mass is 9.68. The monoisotopic (exact) mass is 499 g/mol. The number of carbonyl (C=O) groups excluding carboxylic acids is 1. The summed E-state index contributed by atoms with van der Waals surface area (Å²) < 4.78 is 5.93. The molecule has 190 valence electrons. The summed E-state index contributed by atoms with van der Waals surface area (Å²) in [6.45, 7) is 6.50. The lowest BCUT2D eigenvalue weighted by Gasteiger charge is -2.36. The second-order valence-corrected chi connectivity index (χ2v) is 11.3. The van der Waals surface area contributed by atoms with Gasteiger partial charge < -0.3 is 9.63 Å². The first-order valence-corrected chi connectivity index (χ1v) is 13.6. The molecule has 1 heterocycles. The smallest absolute Gasteiger partial charge is 0.304 e. The van der Waals surface area contributed by atoms with E-state index in [4.69, 9.17) is 16.1 Å². The molecule has 1 atom stereocenters. The molecule has 6 heteroatoms. The number of hydrogen-bond donors (Lipinski definition) is 1. The van der Waals surface area contributed by atoms with Crippen LogP contribution in [0, 0.1) is 18.8 Å². The molecule has 2 saturated carbocycles. The average Bonchev–Trinajstić information content (AvgIpc) is 3.53. The largest absolute Gasteiger partial charge is 0.481 e. The Kier molecular flexibility index (Phi) is 8.36. The Morgan fingerprint density at radius 2 is 1.86 bits per heavy atom. The third-order valence-corrected chi connectivity index (χ3v) is 8.43. The third-order valence-electron chi connectivity index (χ3n) is 8.08. The van der Waals surface area contributed by atoms with E-state index in [2.05, 4.69) is 19.0 Å². The van der Waals surface area contributed by atoms with Gasteiger partial charge in [0.05, 0.1) is 12.1 Å². The molecule has 35 heavy (non-hydrogen) atoms. The number of ketones is 1. The fourth-order valence-corrected chi connectivity index (χ4v) is 6.06. The van der Waals surface area contributed by atoms with Crippen LogP contribution in [-0.4, -0.2) is 22.0 Å². The predicted octanol–water partition coefficient (Wildman–Crippen LogP) is 7.59. The van der Waals surface area contributed by atoms with Crippen LogP contribution in [0.3, 0.4) is 0 Å². The first-order valence-electron chi connectivity index (χ1n) is 13.3. The molecule has 1 aromatic carbocycles. The van der Waals surface area contributed by atoms with Gasteiger partial charge in [-0.05, 0) is 74.0 Å². The van der Waals surface area contributed by atoms with Gasteiger partial charge in [0, 0.05) is 35.3 Å². The van der Waals surface area contributed by atoms with Crippen molar-refractivity contribution in [1.82, 2.24) is 5.16 Å². The Morgan fingerprint density at radius 3 is 2.46 bits per heavy atom. The number of aryl methyl sites for hydroxylation is 1. The maximum atomic E-state index is 13.0. The molecule has 2 aliphatic rings. The normalized spacial score (nSPS) is 20.6. The van der Waals surface area contributed by atoms with Crippen LogP contribution in [0.1, 0.15) is 118 Å². The zero-order valence-electron chi connectivity index (χ0n) is 21.2. The van der Waals surface area contributed by atoms with E-state index in [1.165, 1.54) is 19.3 Å². The fraction of sp³-hybridized carbons (Fsp3) is 0.621. The van der Waals surface area contributed by atoms with Crippen molar-refractivity contribution >= 4 is 23.4 Å². The van der Waals surface area contributed by atoms with Gasteiger partial charge in [-0.25, -0.2) is 0 Å². The number of carboxylic acid groups (broad SMARTS) is 1. The first kappa shape index (κ1) is 25.9. The van der Waals surface area contributed by atoms with E-state index < -0.39 is 11.9 Å². The number of benzene rings is 1. The number of nitrogens with zero attached hydrogens (tertiary/aromatic N) is 1. The van der Waals surface area contributed by atoms with Crippen molar-refractivity contribution in [2.24, 2.45) is 11.8 Å². The van der Waals surface area contributed by atoms with Crippen LogP contribution in [0.4, 0.5) is 0 Å². The fourth-order valence-electron chi connectivity index (χ4n) is 5.76. The topological polar surface area (TPSA) is 80.4 Å². The molecule has 0 spiro atoms. The molecular formula is C29H38ClNO4. The van der Waals surface area contributed by atoms with Gasteiger partial charge in [0.15, 0.2) is 0 Å². The van der Waals surface area contributed by atoms with Crippen molar-refractivity contribution in [3.05, 3.63) is 51.4 Å². The molecule has 0 saturated heterocycles. The van der Waals surface area contributed by atoms with E-state index in [0.717, 1.165) is 60.0 Å². The van der Waals surface area contributed by atoms with Gasteiger partial charge in [0.25, 0.3) is 0 Å². The number of hydrogen-bond acceptors (Lipinski definition) is 4. The molecule has 1 unspecified atom stereocenters. The number of aliphatic carboxylic acids is 1. The van der Waals surface area contributed by atoms with E-state index in [1.54, 1.807) is 0 Å². The lowest BCUT2D eigenvalue weighted by Crippen LogP contribution is -2.24. The Bertz CT molecular complexity index is 1050. The van der Waals surface area contributed by atoms with E-state index in [9.17, 15) is 14.7 Å². The highest BCUT2D eigenvalue weighted by Crippen LogP contribution is 2.53. The van der Waals surface area contributed by atoms with E-state index in [1.807, 2.05) is 25.1 Å². The summed E-state index contributed by atoms with van der Waals surface area (Å²) >= 11 is 6.34. The average molecular weight is 500 g/mol. The molecular weight excluding hydrogens is 462 g/mol. The number of aromatic nitrogens is 1. The molecule has 2 aromatic rings. The Labute approximate surface area is 213 Å². The minimum absolute atomic E-state index is 0.0258. The Balaban J connectivity index is 1.49. The van der Waals surface area contributed by atoms with Gasteiger partial charge in [0.1, 0.15) is 11.5 Å². The molecule has 1 aromatic heterocycles. The van der Waals surface area contributed by atoms with Crippen LogP contribution < -0.4 is 0 Å². The molecule has 1 N–H and O–H groups in total. The van der Waals surface area contributed by atoms with E-state index in [0.29, 0.717) is 22.6 Å². The highest BCUT2D eigenvalue weighted by Gasteiger charge is 2.42. The predicted molar refractivity (Wildman–Crippen MR) is 137 cm³/mol. The molecule has 5 nitrogen and oxygen atoms in total. The molecule has 2 aliphatic carbocycles. The first-order chi connectivity index (χ1) is 16.8. The molecule has 4 rings (SSSR count). The SMILES string of the molecule is CCC(CC)CC1CC(c2onc(C(CC(=O)O)CC(=O)Cc3ccc(C)cc3Cl)c2C2CC2)C1. The summed E-state index contributed by atoms with van der Waals surface area (Å²) in [5.41, 5.74) is 3.63. The van der Waals surface area contributed by atoms with Crippen molar-refractivity contribution in [2.75, 3.05) is 0 Å². The summed E-state index contributed by atoms with van der Waals surface area (Å²) in [6, 6.07) is 5.66. The maximum Gasteiger partial charge on any atom is 0.304 e. The second-order valence-electron chi connectivity index (χ2n) is 10.9. The van der Waals surface area contributed by atoms with Gasteiger partial charge in [-0.3, -0.25) is 9.59 Å². The number of rotatable bonds is 13. The summed E-state index contributed by atoms with van der Waals surface area (Å²) in [5.74, 6) is 1.84. The number of halogens is 1.